The van der Waals surface area contributed by atoms with E-state index in [9.17, 15) is 15.0 Å². The maximum atomic E-state index is 12.2. The van der Waals surface area contributed by atoms with Crippen molar-refractivity contribution in [3.63, 3.8) is 0 Å². The van der Waals surface area contributed by atoms with Crippen molar-refractivity contribution >= 4 is 5.97 Å². The molecule has 0 aromatic carbocycles. The van der Waals surface area contributed by atoms with E-state index in [1.165, 1.54) is 12.8 Å². The molecule has 4 aliphatic rings. The molecule has 0 amide bonds. The predicted molar refractivity (Wildman–Crippen MR) is 121 cm³/mol. The molecule has 6 nitrogen and oxygen atoms in total. The van der Waals surface area contributed by atoms with Gasteiger partial charge in [0.05, 0.1) is 11.7 Å². The standard InChI is InChI=1S/C26H42O6/c1-8-14(4)23(29)31-21-16(6)30-24(20(28)19(21)27)32-25(7)11-12-26-15(5)9-10-17(13(2)3)18(26)22(25)26/h8,13,15-22,24,27-28H,9-12H2,1-7H3. The zero-order valence-electron chi connectivity index (χ0n) is 20.7. The first-order chi connectivity index (χ1) is 15.0. The van der Waals surface area contributed by atoms with Crippen LogP contribution in [0.15, 0.2) is 11.6 Å². The van der Waals surface area contributed by atoms with Crippen molar-refractivity contribution in [3.05, 3.63) is 11.6 Å². The fraction of sp³-hybridized carbons (Fsp3) is 0.885. The normalized spacial score (nSPS) is 50.7. The van der Waals surface area contributed by atoms with Gasteiger partial charge in [0.25, 0.3) is 0 Å². The molecule has 4 fully saturated rings. The molecule has 0 aromatic heterocycles. The highest BCUT2D eigenvalue weighted by Gasteiger charge is 2.79. The number of allylic oxidation sites excluding steroid dienone is 1. The number of esters is 1. The Labute approximate surface area is 192 Å². The summed E-state index contributed by atoms with van der Waals surface area (Å²) in [5.41, 5.74) is 0.423. The zero-order chi connectivity index (χ0) is 23.6. The third kappa shape index (κ3) is 3.57. The molecule has 0 radical (unpaired) electrons. The van der Waals surface area contributed by atoms with Gasteiger partial charge in [0.15, 0.2) is 12.4 Å². The van der Waals surface area contributed by atoms with Crippen molar-refractivity contribution in [1.29, 1.82) is 0 Å². The van der Waals surface area contributed by atoms with Gasteiger partial charge in [-0.1, -0.05) is 26.8 Å². The molecule has 11 unspecified atom stereocenters. The van der Waals surface area contributed by atoms with Crippen LogP contribution < -0.4 is 0 Å². The third-order valence-electron chi connectivity index (χ3n) is 9.49. The van der Waals surface area contributed by atoms with Crippen molar-refractivity contribution in [3.8, 4) is 0 Å². The molecule has 32 heavy (non-hydrogen) atoms. The Kier molecular flexibility index (Phi) is 6.32. The van der Waals surface area contributed by atoms with Gasteiger partial charge in [-0.05, 0) is 88.4 Å². The number of hydrogen-bond acceptors (Lipinski definition) is 6. The molecule has 0 aromatic rings. The van der Waals surface area contributed by atoms with E-state index in [1.54, 1.807) is 26.8 Å². The van der Waals surface area contributed by atoms with Crippen molar-refractivity contribution in [2.24, 2.45) is 35.0 Å². The Morgan fingerprint density at radius 2 is 1.84 bits per heavy atom. The summed E-state index contributed by atoms with van der Waals surface area (Å²) in [6, 6.07) is 0. The highest BCUT2D eigenvalue weighted by atomic mass is 16.7. The summed E-state index contributed by atoms with van der Waals surface area (Å²) in [5.74, 6) is 2.70. The number of hydrogen-bond donors (Lipinski definition) is 2. The van der Waals surface area contributed by atoms with Gasteiger partial charge in [0.2, 0.25) is 0 Å². The van der Waals surface area contributed by atoms with Gasteiger partial charge in [-0.25, -0.2) is 4.79 Å². The molecule has 1 heterocycles. The molecule has 3 saturated carbocycles. The number of aliphatic hydroxyl groups is 2. The maximum absolute atomic E-state index is 12.2. The van der Waals surface area contributed by atoms with Crippen molar-refractivity contribution in [2.45, 2.75) is 110 Å². The first-order valence-electron chi connectivity index (χ1n) is 12.5. The van der Waals surface area contributed by atoms with Crippen molar-refractivity contribution < 1.29 is 29.2 Å². The Hall–Kier alpha value is -0.950. The first kappa shape index (κ1) is 24.2. The third-order valence-corrected chi connectivity index (χ3v) is 9.49. The molecule has 11 atom stereocenters. The number of rotatable bonds is 5. The lowest BCUT2D eigenvalue weighted by Gasteiger charge is -2.44. The average molecular weight is 451 g/mol. The van der Waals surface area contributed by atoms with Crippen LogP contribution in [0.4, 0.5) is 0 Å². The van der Waals surface area contributed by atoms with E-state index in [0.29, 0.717) is 34.7 Å². The minimum Gasteiger partial charge on any atom is -0.453 e. The van der Waals surface area contributed by atoms with Crippen LogP contribution in [0.3, 0.4) is 0 Å². The van der Waals surface area contributed by atoms with Crippen molar-refractivity contribution in [1.82, 2.24) is 0 Å². The topological polar surface area (TPSA) is 85.2 Å². The van der Waals surface area contributed by atoms with E-state index < -0.39 is 36.7 Å². The van der Waals surface area contributed by atoms with Gasteiger partial charge in [-0.15, -0.1) is 0 Å². The second-order valence-electron chi connectivity index (χ2n) is 11.5. The van der Waals surface area contributed by atoms with Crippen LogP contribution in [0, 0.1) is 35.0 Å². The molecule has 6 heteroatoms. The Morgan fingerprint density at radius 3 is 2.47 bits per heavy atom. The van der Waals surface area contributed by atoms with Gasteiger partial charge in [-0.3, -0.25) is 0 Å². The Morgan fingerprint density at radius 1 is 1.16 bits per heavy atom. The average Bonchev–Trinajstić information content (AvgIpc) is 3.36. The van der Waals surface area contributed by atoms with Crippen LogP contribution in [-0.4, -0.2) is 52.5 Å². The zero-order valence-corrected chi connectivity index (χ0v) is 20.7. The van der Waals surface area contributed by atoms with Crippen LogP contribution in [0.2, 0.25) is 0 Å². The molecule has 3 aliphatic carbocycles. The summed E-state index contributed by atoms with van der Waals surface area (Å²) in [5, 5.41) is 21.6. The number of fused-ring (bicyclic) bond motifs is 1. The molecule has 1 aliphatic heterocycles. The summed E-state index contributed by atoms with van der Waals surface area (Å²) < 4.78 is 18.0. The summed E-state index contributed by atoms with van der Waals surface area (Å²) in [7, 11) is 0. The minimum atomic E-state index is -1.28. The van der Waals surface area contributed by atoms with E-state index in [2.05, 4.69) is 27.7 Å². The number of ether oxygens (including phenoxy) is 3. The van der Waals surface area contributed by atoms with E-state index in [4.69, 9.17) is 14.2 Å². The summed E-state index contributed by atoms with van der Waals surface area (Å²) in [6.45, 7) is 14.4. The molecule has 1 spiro atoms. The van der Waals surface area contributed by atoms with Crippen LogP contribution in [0.1, 0.15) is 74.1 Å². The lowest BCUT2D eigenvalue weighted by molar-refractivity contribution is -0.322. The van der Waals surface area contributed by atoms with Crippen molar-refractivity contribution in [2.75, 3.05) is 0 Å². The van der Waals surface area contributed by atoms with E-state index >= 15 is 0 Å². The van der Waals surface area contributed by atoms with E-state index in [1.807, 2.05) is 0 Å². The summed E-state index contributed by atoms with van der Waals surface area (Å²) >= 11 is 0. The van der Waals surface area contributed by atoms with E-state index in [-0.39, 0.29) is 5.60 Å². The molecule has 4 rings (SSSR count). The summed E-state index contributed by atoms with van der Waals surface area (Å²) in [6.07, 6.45) is 1.32. The Balaban J connectivity index is 1.47. The number of aliphatic hydroxyl groups excluding tert-OH is 2. The fourth-order valence-corrected chi connectivity index (χ4v) is 7.54. The molecular formula is C26H42O6. The number of carbonyl (C=O) groups is 1. The first-order valence-corrected chi connectivity index (χ1v) is 12.5. The van der Waals surface area contributed by atoms with Gasteiger partial charge in [-0.2, -0.15) is 0 Å². The van der Waals surface area contributed by atoms with Gasteiger partial charge in [0.1, 0.15) is 12.2 Å². The van der Waals surface area contributed by atoms with Crippen LogP contribution in [0.5, 0.6) is 0 Å². The fourth-order valence-electron chi connectivity index (χ4n) is 7.54. The maximum Gasteiger partial charge on any atom is 0.333 e. The quantitative estimate of drug-likeness (QED) is 0.376. The van der Waals surface area contributed by atoms with Crippen LogP contribution in [-0.2, 0) is 19.0 Å². The van der Waals surface area contributed by atoms with Crippen LogP contribution in [0.25, 0.3) is 0 Å². The smallest absolute Gasteiger partial charge is 0.333 e. The lowest BCUT2D eigenvalue weighted by Crippen LogP contribution is -2.60. The second kappa shape index (κ2) is 8.37. The monoisotopic (exact) mass is 450 g/mol. The molecule has 2 N–H and O–H groups in total. The van der Waals surface area contributed by atoms with Gasteiger partial charge < -0.3 is 24.4 Å². The second-order valence-corrected chi connectivity index (χ2v) is 11.5. The van der Waals surface area contributed by atoms with Crippen LogP contribution >= 0.6 is 0 Å². The highest BCUT2D eigenvalue weighted by molar-refractivity contribution is 5.87. The molecule has 1 saturated heterocycles. The van der Waals surface area contributed by atoms with E-state index in [0.717, 1.165) is 18.8 Å². The number of carbonyl (C=O) groups excluding carboxylic acids is 1. The molecular weight excluding hydrogens is 408 g/mol. The summed E-state index contributed by atoms with van der Waals surface area (Å²) in [4.78, 5) is 12.2. The largest absolute Gasteiger partial charge is 0.453 e. The molecule has 0 bridgehead atoms. The Bertz CT molecular complexity index is 763. The highest BCUT2D eigenvalue weighted by Crippen LogP contribution is 2.81. The predicted octanol–water partition coefficient (Wildman–Crippen LogP) is 3.83. The minimum absolute atomic E-state index is 0.355. The lowest BCUT2D eigenvalue weighted by atomic mass is 9.69. The van der Waals surface area contributed by atoms with Gasteiger partial charge >= 0.3 is 5.97 Å². The SMILES string of the molecule is CC=C(C)C(=O)OC1C(C)OC(OC2(C)CCC34C(C)CCC(C(C)C)C3C24)C(O)C1O. The molecule has 182 valence electrons. The van der Waals surface area contributed by atoms with Gasteiger partial charge in [0, 0.05) is 5.57 Å².